The van der Waals surface area contributed by atoms with Crippen LogP contribution in [0.1, 0.15) is 45.6 Å². The number of nitro groups is 1. The number of rotatable bonds is 7. The quantitative estimate of drug-likeness (QED) is 0.274. The molecule has 0 aliphatic rings. The summed E-state index contributed by atoms with van der Waals surface area (Å²) in [6, 6.07) is 3.11. The number of nitrogens with one attached hydrogen (secondary N) is 1. The van der Waals surface area contributed by atoms with Crippen molar-refractivity contribution in [2.75, 3.05) is 5.32 Å². The van der Waals surface area contributed by atoms with Gasteiger partial charge in [0, 0.05) is 19.4 Å². The van der Waals surface area contributed by atoms with Crippen LogP contribution in [-0.2, 0) is 16.0 Å². The largest absolute Gasteiger partial charge is 0.419 e. The van der Waals surface area contributed by atoms with E-state index >= 15 is 0 Å². The SMILES string of the molecule is CCCCCc1ccc(NC(C)=O)c([N+](=O)[O-])c1OC(C)=O. The Bertz CT molecular complexity index is 584. The number of hydrogen-bond donors (Lipinski definition) is 1. The molecule has 0 spiro atoms. The highest BCUT2D eigenvalue weighted by Crippen LogP contribution is 2.39. The topological polar surface area (TPSA) is 98.5 Å². The summed E-state index contributed by atoms with van der Waals surface area (Å²) in [5.41, 5.74) is 0.219. The highest BCUT2D eigenvalue weighted by atomic mass is 16.6. The summed E-state index contributed by atoms with van der Waals surface area (Å²) in [5, 5.41) is 13.7. The minimum Gasteiger partial charge on any atom is -0.419 e. The van der Waals surface area contributed by atoms with Crippen LogP contribution < -0.4 is 10.1 Å². The van der Waals surface area contributed by atoms with E-state index in [9.17, 15) is 19.7 Å². The highest BCUT2D eigenvalue weighted by molar-refractivity contribution is 5.93. The Hall–Kier alpha value is -2.44. The Morgan fingerprint density at radius 2 is 1.95 bits per heavy atom. The standard InChI is InChI=1S/C15H20N2O5/c1-4-5-6-7-12-8-9-13(16-10(2)18)14(17(20)21)15(12)22-11(3)19/h8-9H,4-7H2,1-3H3,(H,16,18). The van der Waals surface area contributed by atoms with Gasteiger partial charge in [-0.2, -0.15) is 0 Å². The molecule has 0 radical (unpaired) electrons. The molecule has 1 N–H and O–H groups in total. The van der Waals surface area contributed by atoms with E-state index in [0.29, 0.717) is 12.0 Å². The van der Waals surface area contributed by atoms with Gasteiger partial charge in [0.15, 0.2) is 0 Å². The van der Waals surface area contributed by atoms with Crippen LogP contribution in [0.3, 0.4) is 0 Å². The molecule has 1 aromatic carbocycles. The number of carbonyl (C=O) groups excluding carboxylic acids is 2. The number of amides is 1. The number of nitro benzene ring substituents is 1. The van der Waals surface area contributed by atoms with E-state index in [1.54, 1.807) is 6.07 Å². The Kier molecular flexibility index (Phi) is 6.49. The summed E-state index contributed by atoms with van der Waals surface area (Å²) in [4.78, 5) is 33.2. The van der Waals surface area contributed by atoms with Gasteiger partial charge in [-0.05, 0) is 18.9 Å². The maximum atomic E-state index is 11.4. The molecule has 0 aliphatic carbocycles. The fraction of sp³-hybridized carbons (Fsp3) is 0.467. The second-order valence-electron chi connectivity index (χ2n) is 4.94. The summed E-state index contributed by atoms with van der Waals surface area (Å²) in [6.45, 7) is 4.49. The molecular formula is C15H20N2O5. The lowest BCUT2D eigenvalue weighted by atomic mass is 10.0. The van der Waals surface area contributed by atoms with E-state index in [1.165, 1.54) is 19.9 Å². The zero-order valence-corrected chi connectivity index (χ0v) is 13.0. The number of benzene rings is 1. The van der Waals surface area contributed by atoms with Gasteiger partial charge in [0.05, 0.1) is 4.92 Å². The first-order valence-electron chi connectivity index (χ1n) is 7.13. The van der Waals surface area contributed by atoms with Crippen molar-refractivity contribution in [1.82, 2.24) is 0 Å². The molecule has 0 bridgehead atoms. The third-order valence-corrected chi connectivity index (χ3v) is 3.00. The molecule has 1 rings (SSSR count). The van der Waals surface area contributed by atoms with Crippen LogP contribution in [0.2, 0.25) is 0 Å². The lowest BCUT2D eigenvalue weighted by molar-refractivity contribution is -0.384. The van der Waals surface area contributed by atoms with Gasteiger partial charge in [0.2, 0.25) is 11.7 Å². The zero-order valence-electron chi connectivity index (χ0n) is 13.0. The maximum absolute atomic E-state index is 11.4. The normalized spacial score (nSPS) is 10.1. The summed E-state index contributed by atoms with van der Waals surface area (Å²) < 4.78 is 5.06. The first kappa shape index (κ1) is 17.6. The highest BCUT2D eigenvalue weighted by Gasteiger charge is 2.26. The van der Waals surface area contributed by atoms with Crippen LogP contribution in [0.5, 0.6) is 5.75 Å². The number of hydrogen-bond acceptors (Lipinski definition) is 5. The van der Waals surface area contributed by atoms with E-state index in [1.807, 2.05) is 0 Å². The Morgan fingerprint density at radius 3 is 2.45 bits per heavy atom. The third kappa shape index (κ3) is 4.83. The predicted octanol–water partition coefficient (Wildman–Crippen LogP) is 3.21. The molecule has 0 aromatic heterocycles. The molecular weight excluding hydrogens is 288 g/mol. The van der Waals surface area contributed by atoms with Gasteiger partial charge >= 0.3 is 11.7 Å². The monoisotopic (exact) mass is 308 g/mol. The number of nitrogens with zero attached hydrogens (tertiary/aromatic N) is 1. The maximum Gasteiger partial charge on any atom is 0.335 e. The number of unbranched alkanes of at least 4 members (excludes halogenated alkanes) is 2. The number of aryl methyl sites for hydroxylation is 1. The Balaban J connectivity index is 3.33. The van der Waals surface area contributed by atoms with Gasteiger partial charge < -0.3 is 10.1 Å². The van der Waals surface area contributed by atoms with E-state index < -0.39 is 16.8 Å². The molecule has 1 amide bonds. The van der Waals surface area contributed by atoms with Crippen molar-refractivity contribution in [2.45, 2.75) is 46.5 Å². The number of anilines is 1. The van der Waals surface area contributed by atoms with E-state index in [0.717, 1.165) is 19.3 Å². The average Bonchev–Trinajstić information content (AvgIpc) is 2.39. The first-order valence-corrected chi connectivity index (χ1v) is 7.13. The third-order valence-electron chi connectivity index (χ3n) is 3.00. The number of carbonyl (C=O) groups is 2. The molecule has 0 atom stereocenters. The molecule has 7 heteroatoms. The Morgan fingerprint density at radius 1 is 1.27 bits per heavy atom. The van der Waals surface area contributed by atoms with Gasteiger partial charge in [-0.1, -0.05) is 25.8 Å². The summed E-state index contributed by atoms with van der Waals surface area (Å²) >= 11 is 0. The fourth-order valence-electron chi connectivity index (χ4n) is 2.10. The van der Waals surface area contributed by atoms with Crippen LogP contribution in [0.25, 0.3) is 0 Å². The molecule has 0 fully saturated rings. The zero-order chi connectivity index (χ0) is 16.7. The van der Waals surface area contributed by atoms with Crippen molar-refractivity contribution in [3.05, 3.63) is 27.8 Å². The van der Waals surface area contributed by atoms with Crippen LogP contribution >= 0.6 is 0 Å². The minimum atomic E-state index is -0.646. The van der Waals surface area contributed by atoms with Crippen molar-refractivity contribution in [2.24, 2.45) is 0 Å². The van der Waals surface area contributed by atoms with E-state index in [2.05, 4.69) is 12.2 Å². The minimum absolute atomic E-state index is 0.0213. The Labute approximate surface area is 128 Å². The number of ether oxygens (including phenoxy) is 1. The van der Waals surface area contributed by atoms with Crippen molar-refractivity contribution in [3.8, 4) is 5.75 Å². The number of esters is 1. The van der Waals surface area contributed by atoms with Gasteiger partial charge in [-0.25, -0.2) is 0 Å². The first-order chi connectivity index (χ1) is 10.4. The van der Waals surface area contributed by atoms with Crippen molar-refractivity contribution >= 4 is 23.3 Å². The second-order valence-corrected chi connectivity index (χ2v) is 4.94. The van der Waals surface area contributed by atoms with E-state index in [-0.39, 0.29) is 17.1 Å². The van der Waals surface area contributed by atoms with Crippen molar-refractivity contribution in [3.63, 3.8) is 0 Å². The predicted molar refractivity (Wildman–Crippen MR) is 81.9 cm³/mol. The van der Waals surface area contributed by atoms with Crippen molar-refractivity contribution in [1.29, 1.82) is 0 Å². The summed E-state index contributed by atoms with van der Waals surface area (Å²) in [7, 11) is 0. The van der Waals surface area contributed by atoms with Crippen LogP contribution in [-0.4, -0.2) is 16.8 Å². The van der Waals surface area contributed by atoms with Gasteiger partial charge in [-0.3, -0.25) is 19.7 Å². The molecule has 0 saturated heterocycles. The summed E-state index contributed by atoms with van der Waals surface area (Å²) in [5.74, 6) is -1.16. The average molecular weight is 308 g/mol. The second kappa shape index (κ2) is 8.11. The molecule has 0 saturated carbocycles. The van der Waals surface area contributed by atoms with Gasteiger partial charge in [0.25, 0.3) is 0 Å². The fourth-order valence-corrected chi connectivity index (χ4v) is 2.10. The molecule has 0 heterocycles. The van der Waals surface area contributed by atoms with Crippen LogP contribution in [0.4, 0.5) is 11.4 Å². The van der Waals surface area contributed by atoms with Crippen LogP contribution in [0, 0.1) is 10.1 Å². The molecule has 120 valence electrons. The molecule has 22 heavy (non-hydrogen) atoms. The molecule has 0 unspecified atom stereocenters. The van der Waals surface area contributed by atoms with Gasteiger partial charge in [-0.15, -0.1) is 0 Å². The summed E-state index contributed by atoms with van der Waals surface area (Å²) in [6.07, 6.45) is 3.38. The van der Waals surface area contributed by atoms with E-state index in [4.69, 9.17) is 4.74 Å². The molecule has 0 aliphatic heterocycles. The van der Waals surface area contributed by atoms with Gasteiger partial charge in [0.1, 0.15) is 5.69 Å². The van der Waals surface area contributed by atoms with Crippen molar-refractivity contribution < 1.29 is 19.2 Å². The molecule has 7 nitrogen and oxygen atoms in total. The smallest absolute Gasteiger partial charge is 0.335 e. The molecule has 1 aromatic rings. The lowest BCUT2D eigenvalue weighted by Crippen LogP contribution is -2.12. The van der Waals surface area contributed by atoms with Crippen LogP contribution in [0.15, 0.2) is 12.1 Å². The lowest BCUT2D eigenvalue weighted by Gasteiger charge is -2.12.